The van der Waals surface area contributed by atoms with E-state index in [0.717, 1.165) is 37.2 Å². The van der Waals surface area contributed by atoms with Crippen molar-refractivity contribution in [1.29, 1.82) is 0 Å². The van der Waals surface area contributed by atoms with Crippen molar-refractivity contribution < 1.29 is 0 Å². The molecule has 1 fully saturated rings. The van der Waals surface area contributed by atoms with Gasteiger partial charge in [0.1, 0.15) is 0 Å². The van der Waals surface area contributed by atoms with E-state index in [0.29, 0.717) is 6.04 Å². The molecule has 0 saturated carbocycles. The molecule has 1 atom stereocenters. The Kier molecular flexibility index (Phi) is 3.16. The van der Waals surface area contributed by atoms with Gasteiger partial charge in [0.25, 0.3) is 0 Å². The van der Waals surface area contributed by atoms with Crippen LogP contribution in [0.5, 0.6) is 0 Å². The summed E-state index contributed by atoms with van der Waals surface area (Å²) < 4.78 is 1.86. The lowest BCUT2D eigenvalue weighted by atomic mass is 10.2. The molecule has 0 amide bonds. The molecule has 1 aliphatic heterocycles. The van der Waals surface area contributed by atoms with Crippen molar-refractivity contribution in [1.82, 2.24) is 19.4 Å². The molecule has 0 bridgehead atoms. The molecular formula is C14H20N4O. The van der Waals surface area contributed by atoms with Crippen LogP contribution in [0, 0.1) is 0 Å². The van der Waals surface area contributed by atoms with E-state index in [1.54, 1.807) is 0 Å². The van der Waals surface area contributed by atoms with Gasteiger partial charge in [-0.25, -0.2) is 4.79 Å². The van der Waals surface area contributed by atoms with Gasteiger partial charge in [0.2, 0.25) is 0 Å². The van der Waals surface area contributed by atoms with Gasteiger partial charge >= 0.3 is 5.69 Å². The van der Waals surface area contributed by atoms with Crippen LogP contribution in [0.4, 0.5) is 0 Å². The van der Waals surface area contributed by atoms with Crippen LogP contribution in [-0.2, 0) is 6.54 Å². The Hall–Kier alpha value is -1.59. The van der Waals surface area contributed by atoms with Gasteiger partial charge in [0, 0.05) is 32.2 Å². The number of benzene rings is 1. The number of aromatic amines is 1. The number of hydrogen-bond acceptors (Lipinski definition) is 3. The van der Waals surface area contributed by atoms with Crippen molar-refractivity contribution in [3.8, 4) is 0 Å². The van der Waals surface area contributed by atoms with Gasteiger partial charge in [0.15, 0.2) is 0 Å². The minimum absolute atomic E-state index is 0.0113. The summed E-state index contributed by atoms with van der Waals surface area (Å²) in [5, 5.41) is 0. The SMILES string of the molecule is CN1CCN(C)C(Cn2c(=O)[nH]c3ccccc32)C1. The van der Waals surface area contributed by atoms with E-state index in [2.05, 4.69) is 28.9 Å². The Morgan fingerprint density at radius 3 is 2.89 bits per heavy atom. The molecule has 1 aromatic heterocycles. The largest absolute Gasteiger partial charge is 0.326 e. The fraction of sp³-hybridized carbons (Fsp3) is 0.500. The van der Waals surface area contributed by atoms with Crippen molar-refractivity contribution in [3.05, 3.63) is 34.7 Å². The summed E-state index contributed by atoms with van der Waals surface area (Å²) in [6.07, 6.45) is 0. The monoisotopic (exact) mass is 260 g/mol. The fourth-order valence-corrected chi connectivity index (χ4v) is 2.80. The number of piperazine rings is 1. The number of para-hydroxylation sites is 2. The molecule has 3 rings (SSSR count). The Morgan fingerprint density at radius 1 is 1.26 bits per heavy atom. The number of aromatic nitrogens is 2. The third-order valence-electron chi connectivity index (χ3n) is 4.06. The molecule has 1 N–H and O–H groups in total. The Bertz CT molecular complexity index is 630. The van der Waals surface area contributed by atoms with E-state index < -0.39 is 0 Å². The number of nitrogens with zero attached hydrogens (tertiary/aromatic N) is 3. The zero-order valence-corrected chi connectivity index (χ0v) is 11.5. The predicted octanol–water partition coefficient (Wildman–Crippen LogP) is 0.575. The molecule has 2 heterocycles. The summed E-state index contributed by atoms with van der Waals surface area (Å²) in [4.78, 5) is 19.7. The fourth-order valence-electron chi connectivity index (χ4n) is 2.80. The topological polar surface area (TPSA) is 44.3 Å². The highest BCUT2D eigenvalue weighted by atomic mass is 16.1. The molecule has 5 nitrogen and oxygen atoms in total. The minimum Gasteiger partial charge on any atom is -0.306 e. The Morgan fingerprint density at radius 2 is 2.05 bits per heavy atom. The van der Waals surface area contributed by atoms with E-state index in [1.807, 2.05) is 28.8 Å². The maximum Gasteiger partial charge on any atom is 0.326 e. The van der Waals surface area contributed by atoms with Gasteiger partial charge in [-0.1, -0.05) is 12.1 Å². The average molecular weight is 260 g/mol. The summed E-state index contributed by atoms with van der Waals surface area (Å²) >= 11 is 0. The Labute approximate surface area is 112 Å². The maximum atomic E-state index is 12.1. The number of imidazole rings is 1. The van der Waals surface area contributed by atoms with Crippen molar-refractivity contribution in [2.75, 3.05) is 33.7 Å². The van der Waals surface area contributed by atoms with Crippen LogP contribution in [0.2, 0.25) is 0 Å². The molecule has 1 unspecified atom stereocenters. The van der Waals surface area contributed by atoms with Crippen LogP contribution in [-0.4, -0.2) is 59.1 Å². The molecule has 5 heteroatoms. The summed E-state index contributed by atoms with van der Waals surface area (Å²) in [5.74, 6) is 0. The van der Waals surface area contributed by atoms with Crippen molar-refractivity contribution in [2.45, 2.75) is 12.6 Å². The number of nitrogens with one attached hydrogen (secondary N) is 1. The first-order chi connectivity index (χ1) is 9.15. The molecule has 2 aromatic rings. The van der Waals surface area contributed by atoms with Gasteiger partial charge in [0.05, 0.1) is 11.0 Å². The lowest BCUT2D eigenvalue weighted by Gasteiger charge is -2.37. The van der Waals surface area contributed by atoms with E-state index in [4.69, 9.17) is 0 Å². The first kappa shape index (κ1) is 12.4. The zero-order chi connectivity index (χ0) is 13.4. The third-order valence-corrected chi connectivity index (χ3v) is 4.06. The van der Waals surface area contributed by atoms with Crippen molar-refractivity contribution in [3.63, 3.8) is 0 Å². The molecule has 0 spiro atoms. The van der Waals surface area contributed by atoms with Crippen LogP contribution in [0.15, 0.2) is 29.1 Å². The van der Waals surface area contributed by atoms with Gasteiger partial charge < -0.3 is 9.88 Å². The number of hydrogen-bond donors (Lipinski definition) is 1. The number of fused-ring (bicyclic) bond motifs is 1. The minimum atomic E-state index is -0.0113. The molecule has 102 valence electrons. The van der Waals surface area contributed by atoms with Gasteiger partial charge in [-0.3, -0.25) is 9.47 Å². The summed E-state index contributed by atoms with van der Waals surface area (Å²) in [6, 6.07) is 8.26. The quantitative estimate of drug-likeness (QED) is 0.859. The molecule has 1 aliphatic rings. The summed E-state index contributed by atoms with van der Waals surface area (Å²) in [5.41, 5.74) is 1.90. The second kappa shape index (κ2) is 4.83. The zero-order valence-electron chi connectivity index (χ0n) is 11.5. The van der Waals surface area contributed by atoms with Crippen molar-refractivity contribution in [2.24, 2.45) is 0 Å². The molecule has 19 heavy (non-hydrogen) atoms. The van der Waals surface area contributed by atoms with Crippen LogP contribution in [0.1, 0.15) is 0 Å². The molecule has 0 aliphatic carbocycles. The van der Waals surface area contributed by atoms with Crippen molar-refractivity contribution >= 4 is 11.0 Å². The lowest BCUT2D eigenvalue weighted by molar-refractivity contribution is 0.103. The van der Waals surface area contributed by atoms with Crippen LogP contribution in [0.25, 0.3) is 11.0 Å². The summed E-state index contributed by atoms with van der Waals surface area (Å²) in [7, 11) is 4.27. The van der Waals surface area contributed by atoms with Gasteiger partial charge in [-0.15, -0.1) is 0 Å². The highest BCUT2D eigenvalue weighted by Crippen LogP contribution is 2.13. The molecule has 1 aromatic carbocycles. The standard InChI is InChI=1S/C14H20N4O/c1-16-7-8-17(2)11(9-16)10-18-13-6-4-3-5-12(13)15-14(18)19/h3-6,11H,7-10H2,1-2H3,(H,15,19). The van der Waals surface area contributed by atoms with Crippen LogP contribution < -0.4 is 5.69 Å². The third kappa shape index (κ3) is 2.31. The van der Waals surface area contributed by atoms with Crippen LogP contribution >= 0.6 is 0 Å². The highest BCUT2D eigenvalue weighted by Gasteiger charge is 2.23. The highest BCUT2D eigenvalue weighted by molar-refractivity contribution is 5.74. The number of H-pyrrole nitrogens is 1. The first-order valence-electron chi connectivity index (χ1n) is 6.71. The maximum absolute atomic E-state index is 12.1. The average Bonchev–Trinajstić information content (AvgIpc) is 2.71. The first-order valence-corrected chi connectivity index (χ1v) is 6.71. The van der Waals surface area contributed by atoms with E-state index in [1.165, 1.54) is 0 Å². The lowest BCUT2D eigenvalue weighted by Crippen LogP contribution is -2.52. The predicted molar refractivity (Wildman–Crippen MR) is 76.5 cm³/mol. The van der Waals surface area contributed by atoms with Gasteiger partial charge in [-0.05, 0) is 26.2 Å². The Balaban J connectivity index is 1.92. The molecular weight excluding hydrogens is 240 g/mol. The van der Waals surface area contributed by atoms with E-state index in [9.17, 15) is 4.79 Å². The van der Waals surface area contributed by atoms with Crippen LogP contribution in [0.3, 0.4) is 0 Å². The number of rotatable bonds is 2. The normalized spacial score (nSPS) is 22.1. The smallest absolute Gasteiger partial charge is 0.306 e. The second-order valence-corrected chi connectivity index (χ2v) is 5.45. The summed E-state index contributed by atoms with van der Waals surface area (Å²) in [6.45, 7) is 3.89. The second-order valence-electron chi connectivity index (χ2n) is 5.45. The number of likely N-dealkylation sites (N-methyl/N-ethyl adjacent to an activating group) is 2. The van der Waals surface area contributed by atoms with Gasteiger partial charge in [-0.2, -0.15) is 0 Å². The van der Waals surface area contributed by atoms with E-state index >= 15 is 0 Å². The molecule has 1 saturated heterocycles. The molecule has 0 radical (unpaired) electrons. The van der Waals surface area contributed by atoms with E-state index in [-0.39, 0.29) is 5.69 Å².